The van der Waals surface area contributed by atoms with Gasteiger partial charge in [0, 0.05) is 38.0 Å². The second-order valence-corrected chi connectivity index (χ2v) is 23.0. The molecule has 8 atom stereocenters. The van der Waals surface area contributed by atoms with E-state index in [1.54, 1.807) is 34.1 Å². The lowest BCUT2D eigenvalue weighted by atomic mass is 9.86. The molecule has 14 heteroatoms. The van der Waals surface area contributed by atoms with Gasteiger partial charge in [-0.3, -0.25) is 19.4 Å². The van der Waals surface area contributed by atoms with Gasteiger partial charge in [-0.2, -0.15) is 10.5 Å². The summed E-state index contributed by atoms with van der Waals surface area (Å²) in [7, 11) is 4.16. The number of hydrogen-bond acceptors (Lipinski definition) is 10. The Morgan fingerprint density at radius 3 is 1.59 bits per heavy atom. The molecule has 12 nitrogen and oxygen atoms in total. The van der Waals surface area contributed by atoms with E-state index in [1.165, 1.54) is 0 Å². The highest BCUT2D eigenvalue weighted by molar-refractivity contribution is 5.90. The van der Waals surface area contributed by atoms with Crippen molar-refractivity contribution in [3.63, 3.8) is 0 Å². The number of likely N-dealkylation sites (N-methyl/N-ethyl adjacent to an activating group) is 1. The zero-order valence-electron chi connectivity index (χ0n) is 42.6. The molecule has 4 aliphatic heterocycles. The number of nitrogens with zero attached hydrogens (tertiary/aromatic N) is 6. The molecule has 2 aliphatic carbocycles. The van der Waals surface area contributed by atoms with Crippen LogP contribution in [0.5, 0.6) is 0 Å². The van der Waals surface area contributed by atoms with Crippen LogP contribution in [0, 0.1) is 58.0 Å². The van der Waals surface area contributed by atoms with Crippen LogP contribution in [0.2, 0.25) is 0 Å². The molecule has 3 saturated heterocycles. The van der Waals surface area contributed by atoms with Crippen LogP contribution in [-0.4, -0.2) is 119 Å². The highest BCUT2D eigenvalue weighted by atomic mass is 19.1. The molecule has 6 aliphatic rings. The molecule has 2 aromatic rings. The third-order valence-corrected chi connectivity index (χ3v) is 15.3. The number of amides is 2. The maximum Gasteiger partial charge on any atom is 0.411 e. The fraction of sp³-hybridized carbons (Fsp3) is 0.643. The van der Waals surface area contributed by atoms with E-state index in [4.69, 9.17) is 9.47 Å². The molecule has 5 fully saturated rings. The van der Waals surface area contributed by atoms with Gasteiger partial charge >= 0.3 is 12.2 Å². The minimum absolute atomic E-state index is 0.00234. The molecule has 2 saturated carbocycles. The average Bonchev–Trinajstić information content (AvgIpc) is 4.12. The topological polar surface area (TPSA) is 147 Å². The van der Waals surface area contributed by atoms with Crippen molar-refractivity contribution in [2.24, 2.45) is 23.7 Å². The van der Waals surface area contributed by atoms with E-state index in [0.717, 1.165) is 101 Å². The molecule has 2 amide bonds. The first-order valence-corrected chi connectivity index (χ1v) is 25.6. The fourth-order valence-corrected chi connectivity index (χ4v) is 11.8. The Kier molecular flexibility index (Phi) is 16.6. The standard InChI is InChI=1S/C28H38FN3O3.C28H36FN3O3/c2*1-28(2,3)35-27(34)32-23-8-7-22(15-23)26(32)25(33)14-18(17-30)13-21-6-5-20(16-24(21)29)19-9-11-31(4)12-10-19/h5-6,16,18-19,22-23,26H,7-15H2,1-4H3;5-6,9,16,18,22-23,26H,7-8,10-15H2,1-4H3/t2*18-,22+,23-,26+/m11/s1. The summed E-state index contributed by atoms with van der Waals surface area (Å²) in [5.74, 6) is -1.57. The van der Waals surface area contributed by atoms with Gasteiger partial charge in [-0.1, -0.05) is 30.3 Å². The molecule has 0 unspecified atom stereocenters. The number of carbonyl (C=O) groups is 4. The molecule has 2 aromatic carbocycles. The molecule has 4 heterocycles. The van der Waals surface area contributed by atoms with E-state index in [1.807, 2.05) is 53.7 Å². The van der Waals surface area contributed by atoms with Gasteiger partial charge in [-0.05, 0) is 197 Å². The molecular formula is C56H74F2N6O6. The van der Waals surface area contributed by atoms with Crippen molar-refractivity contribution in [3.05, 3.63) is 76.4 Å². The van der Waals surface area contributed by atoms with Gasteiger partial charge in [-0.25, -0.2) is 18.4 Å². The quantitative estimate of drug-likeness (QED) is 0.201. The summed E-state index contributed by atoms with van der Waals surface area (Å²) in [5.41, 5.74) is 2.65. The lowest BCUT2D eigenvalue weighted by Gasteiger charge is -2.35. The number of carbonyl (C=O) groups excluding carboxylic acids is 4. The third kappa shape index (κ3) is 12.8. The Morgan fingerprint density at radius 1 is 0.671 bits per heavy atom. The molecular weight excluding hydrogens is 891 g/mol. The first-order valence-electron chi connectivity index (χ1n) is 25.6. The van der Waals surface area contributed by atoms with Crippen molar-refractivity contribution >= 4 is 29.3 Å². The maximum absolute atomic E-state index is 15.0. The summed E-state index contributed by atoms with van der Waals surface area (Å²) in [6.45, 7) is 14.7. The zero-order chi connectivity index (χ0) is 50.7. The number of benzene rings is 2. The molecule has 0 aromatic heterocycles. The first-order chi connectivity index (χ1) is 33.1. The van der Waals surface area contributed by atoms with Gasteiger partial charge in [0.25, 0.3) is 0 Å². The number of halogens is 2. The third-order valence-electron chi connectivity index (χ3n) is 15.3. The van der Waals surface area contributed by atoms with Crippen LogP contribution in [-0.2, 0) is 31.9 Å². The van der Waals surface area contributed by atoms with Crippen LogP contribution in [0.15, 0.2) is 42.5 Å². The maximum atomic E-state index is 15.0. The Balaban J connectivity index is 0.000000206. The van der Waals surface area contributed by atoms with Gasteiger partial charge in [0.2, 0.25) is 0 Å². The van der Waals surface area contributed by atoms with E-state index in [-0.39, 0.29) is 72.8 Å². The number of piperidine rings is 3. The Bertz CT molecular complexity index is 2370. The number of fused-ring (bicyclic) bond motifs is 4. The SMILES string of the molecule is CN1CC=C(c2ccc(C[C@@H](C#N)CC(=O)[C@@H]3[C@H]4CC[C@H](C4)N3C(=O)OC(C)(C)C)c(F)c2)CC1.CN1CCC(c2ccc(C[C@@H](C#N)CC(=O)[C@@H]3[C@H]4CC[C@H](C4)N3C(=O)OC(C)(C)C)c(F)c2)CC1. The molecule has 70 heavy (non-hydrogen) atoms. The van der Waals surface area contributed by atoms with Crippen LogP contribution in [0.4, 0.5) is 18.4 Å². The number of likely N-dealkylation sites (tertiary alicyclic amines) is 3. The van der Waals surface area contributed by atoms with Crippen LogP contribution < -0.4 is 0 Å². The summed E-state index contributed by atoms with van der Waals surface area (Å²) in [5, 5.41) is 19.5. The number of ketones is 2. The summed E-state index contributed by atoms with van der Waals surface area (Å²) >= 11 is 0. The first kappa shape index (κ1) is 52.6. The second-order valence-electron chi connectivity index (χ2n) is 23.0. The van der Waals surface area contributed by atoms with Crippen molar-refractivity contribution in [3.8, 4) is 12.1 Å². The van der Waals surface area contributed by atoms with Crippen molar-refractivity contribution < 1.29 is 37.4 Å². The second kappa shape index (κ2) is 22.1. The average molecular weight is 965 g/mol. The van der Waals surface area contributed by atoms with E-state index in [9.17, 15) is 38.5 Å². The van der Waals surface area contributed by atoms with E-state index < -0.39 is 47.3 Å². The summed E-state index contributed by atoms with van der Waals surface area (Å²) in [6, 6.07) is 13.9. The monoisotopic (exact) mass is 965 g/mol. The normalized spacial score (nSPS) is 25.6. The zero-order valence-corrected chi connectivity index (χ0v) is 42.6. The Labute approximate surface area is 414 Å². The molecule has 0 spiro atoms. The summed E-state index contributed by atoms with van der Waals surface area (Å²) < 4.78 is 41.1. The molecule has 0 N–H and O–H groups in total. The van der Waals surface area contributed by atoms with Gasteiger partial charge < -0.3 is 19.3 Å². The van der Waals surface area contributed by atoms with Gasteiger partial charge in [-0.15, -0.1) is 0 Å². The summed E-state index contributed by atoms with van der Waals surface area (Å²) in [6.07, 6.45) is 9.67. The number of Topliss-reactive ketones (excluding diaryl/α,β-unsaturated/α-hetero) is 2. The molecule has 4 bridgehead atoms. The molecule has 8 rings (SSSR count). The summed E-state index contributed by atoms with van der Waals surface area (Å²) in [4.78, 5) is 60.2. The lowest BCUT2D eigenvalue weighted by Crippen LogP contribution is -2.51. The number of nitriles is 2. The van der Waals surface area contributed by atoms with Crippen molar-refractivity contribution in [1.82, 2.24) is 19.6 Å². The minimum atomic E-state index is -0.648. The predicted molar refractivity (Wildman–Crippen MR) is 263 cm³/mol. The van der Waals surface area contributed by atoms with E-state index >= 15 is 0 Å². The van der Waals surface area contributed by atoms with Crippen LogP contribution in [0.25, 0.3) is 5.57 Å². The smallest absolute Gasteiger partial charge is 0.411 e. The van der Waals surface area contributed by atoms with Crippen molar-refractivity contribution in [2.45, 2.75) is 166 Å². The fourth-order valence-electron chi connectivity index (χ4n) is 11.8. The van der Waals surface area contributed by atoms with E-state index in [0.29, 0.717) is 17.0 Å². The Morgan fingerprint density at radius 2 is 1.16 bits per heavy atom. The highest BCUT2D eigenvalue weighted by Gasteiger charge is 2.53. The van der Waals surface area contributed by atoms with Crippen molar-refractivity contribution in [1.29, 1.82) is 10.5 Å². The molecule has 0 radical (unpaired) electrons. The molecule has 378 valence electrons. The van der Waals surface area contributed by atoms with Crippen molar-refractivity contribution in [2.75, 3.05) is 40.3 Å². The number of rotatable bonds is 12. The largest absolute Gasteiger partial charge is 0.444 e. The van der Waals surface area contributed by atoms with Gasteiger partial charge in [0.05, 0.1) is 36.1 Å². The number of hydrogen-bond donors (Lipinski definition) is 0. The van der Waals surface area contributed by atoms with Crippen LogP contribution >= 0.6 is 0 Å². The van der Waals surface area contributed by atoms with Gasteiger partial charge in [0.1, 0.15) is 22.8 Å². The van der Waals surface area contributed by atoms with Crippen LogP contribution in [0.1, 0.15) is 140 Å². The minimum Gasteiger partial charge on any atom is -0.444 e. The van der Waals surface area contributed by atoms with Gasteiger partial charge in [0.15, 0.2) is 11.6 Å². The van der Waals surface area contributed by atoms with Crippen LogP contribution in [0.3, 0.4) is 0 Å². The predicted octanol–water partition coefficient (Wildman–Crippen LogP) is 10.0. The van der Waals surface area contributed by atoms with E-state index in [2.05, 4.69) is 42.1 Å². The lowest BCUT2D eigenvalue weighted by molar-refractivity contribution is -0.127. The number of ether oxygens (including phenoxy) is 2. The highest BCUT2D eigenvalue weighted by Crippen LogP contribution is 2.45. The Hall–Kier alpha value is -5.18.